The average molecular weight is 301 g/mol. The zero-order valence-corrected chi connectivity index (χ0v) is 10.7. The summed E-state index contributed by atoms with van der Waals surface area (Å²) in [5.74, 6) is -0.209. The first-order chi connectivity index (χ1) is 8.13. The predicted molar refractivity (Wildman–Crippen MR) is 66.9 cm³/mol. The minimum Gasteiger partial charge on any atom is -0.448 e. The van der Waals surface area contributed by atoms with Gasteiger partial charge in [0.2, 0.25) is 0 Å². The Kier molecular flexibility index (Phi) is 5.48. The van der Waals surface area contributed by atoms with Crippen molar-refractivity contribution in [2.24, 2.45) is 5.73 Å². The molecule has 0 aliphatic heterocycles. The van der Waals surface area contributed by atoms with Crippen LogP contribution in [0.5, 0.6) is 0 Å². The number of carbonyl (C=O) groups excluding carboxylic acids is 2. The lowest BCUT2D eigenvalue weighted by atomic mass is 10.1. The number of alkyl halides is 1. The van der Waals surface area contributed by atoms with Gasteiger partial charge in [0.25, 0.3) is 5.91 Å². The third kappa shape index (κ3) is 4.86. The first-order valence-electron chi connectivity index (χ1n) is 4.99. The Labute approximate surface area is 107 Å². The molecule has 0 spiro atoms. The number of nitrogens with one attached hydrogen (secondary N) is 1. The number of carbonyl (C=O) groups is 2. The predicted octanol–water partition coefficient (Wildman–Crippen LogP) is 1.41. The number of halogens is 1. The third-order valence-electron chi connectivity index (χ3n) is 2.00. The van der Waals surface area contributed by atoms with Gasteiger partial charge in [0.1, 0.15) is 6.61 Å². The molecule has 17 heavy (non-hydrogen) atoms. The van der Waals surface area contributed by atoms with Gasteiger partial charge in [-0.2, -0.15) is 0 Å². The van der Waals surface area contributed by atoms with Crippen molar-refractivity contribution in [2.75, 3.05) is 13.2 Å². The number of amides is 2. The monoisotopic (exact) mass is 300 g/mol. The molecular formula is C11H13BrN2O3. The van der Waals surface area contributed by atoms with Crippen molar-refractivity contribution in [3.8, 4) is 0 Å². The first kappa shape index (κ1) is 13.5. The first-order valence-corrected chi connectivity index (χ1v) is 6.11. The van der Waals surface area contributed by atoms with Crippen LogP contribution in [0.2, 0.25) is 0 Å². The molecule has 0 fully saturated rings. The van der Waals surface area contributed by atoms with E-state index in [-0.39, 0.29) is 19.1 Å². The van der Waals surface area contributed by atoms with Crippen LogP contribution in [-0.2, 0) is 10.1 Å². The summed E-state index contributed by atoms with van der Waals surface area (Å²) < 4.78 is 4.48. The molecule has 5 nitrogen and oxygen atoms in total. The molecular weight excluding hydrogens is 288 g/mol. The van der Waals surface area contributed by atoms with Crippen LogP contribution in [0, 0.1) is 0 Å². The lowest BCUT2D eigenvalue weighted by Crippen LogP contribution is -2.28. The molecule has 1 aromatic rings. The Morgan fingerprint density at radius 3 is 2.47 bits per heavy atom. The summed E-state index contributed by atoms with van der Waals surface area (Å²) in [5, 5.41) is 3.36. The Morgan fingerprint density at radius 2 is 1.94 bits per heavy atom. The van der Waals surface area contributed by atoms with E-state index >= 15 is 0 Å². The minimum absolute atomic E-state index is 0.0700. The van der Waals surface area contributed by atoms with Crippen LogP contribution in [0.15, 0.2) is 24.3 Å². The normalized spacial score (nSPS) is 9.71. The summed E-state index contributed by atoms with van der Waals surface area (Å²) in [6, 6.07) is 7.20. The van der Waals surface area contributed by atoms with Gasteiger partial charge in [-0.3, -0.25) is 4.79 Å². The van der Waals surface area contributed by atoms with Crippen LogP contribution in [0.3, 0.4) is 0 Å². The maximum absolute atomic E-state index is 11.6. The highest BCUT2D eigenvalue weighted by Crippen LogP contribution is 2.07. The fourth-order valence-electron chi connectivity index (χ4n) is 1.16. The smallest absolute Gasteiger partial charge is 0.404 e. The van der Waals surface area contributed by atoms with Crippen LogP contribution in [0.25, 0.3) is 0 Å². The molecule has 0 atom stereocenters. The summed E-state index contributed by atoms with van der Waals surface area (Å²) in [6.45, 7) is 0.308. The highest BCUT2D eigenvalue weighted by Gasteiger charge is 2.04. The van der Waals surface area contributed by atoms with Crippen LogP contribution < -0.4 is 11.1 Å². The van der Waals surface area contributed by atoms with Gasteiger partial charge in [0.15, 0.2) is 0 Å². The zero-order valence-electron chi connectivity index (χ0n) is 9.11. The number of hydrogen-bond acceptors (Lipinski definition) is 3. The van der Waals surface area contributed by atoms with Crippen LogP contribution >= 0.6 is 15.9 Å². The molecule has 0 aliphatic rings. The van der Waals surface area contributed by atoms with E-state index < -0.39 is 6.09 Å². The summed E-state index contributed by atoms with van der Waals surface area (Å²) in [6.07, 6.45) is -0.846. The zero-order chi connectivity index (χ0) is 12.7. The van der Waals surface area contributed by atoms with Gasteiger partial charge >= 0.3 is 6.09 Å². The highest BCUT2D eigenvalue weighted by atomic mass is 79.9. The second-order valence-corrected chi connectivity index (χ2v) is 3.81. The van der Waals surface area contributed by atoms with E-state index in [1.54, 1.807) is 12.1 Å². The molecule has 0 heterocycles. The molecule has 0 saturated carbocycles. The van der Waals surface area contributed by atoms with Crippen molar-refractivity contribution < 1.29 is 14.3 Å². The van der Waals surface area contributed by atoms with Crippen molar-refractivity contribution in [1.82, 2.24) is 5.32 Å². The van der Waals surface area contributed by atoms with Gasteiger partial charge in [-0.1, -0.05) is 28.1 Å². The van der Waals surface area contributed by atoms with E-state index in [1.807, 2.05) is 12.1 Å². The van der Waals surface area contributed by atoms with Crippen LogP contribution in [0.1, 0.15) is 15.9 Å². The molecule has 3 N–H and O–H groups in total. The topological polar surface area (TPSA) is 81.4 Å². The Hall–Kier alpha value is -1.56. The average Bonchev–Trinajstić information content (AvgIpc) is 2.34. The molecule has 0 aromatic heterocycles. The lowest BCUT2D eigenvalue weighted by Gasteiger charge is -2.05. The van der Waals surface area contributed by atoms with Crippen molar-refractivity contribution in [3.05, 3.63) is 35.4 Å². The highest BCUT2D eigenvalue weighted by molar-refractivity contribution is 9.08. The van der Waals surface area contributed by atoms with Gasteiger partial charge < -0.3 is 15.8 Å². The van der Waals surface area contributed by atoms with Gasteiger partial charge in [0.05, 0.1) is 6.54 Å². The quantitative estimate of drug-likeness (QED) is 0.637. The summed E-state index contributed by atoms with van der Waals surface area (Å²) in [5.41, 5.74) is 6.43. The SMILES string of the molecule is NC(=O)OCCNC(=O)c1ccc(CBr)cc1. The van der Waals surface area contributed by atoms with Crippen LogP contribution in [0.4, 0.5) is 4.79 Å². The summed E-state index contributed by atoms with van der Waals surface area (Å²) in [7, 11) is 0. The molecule has 2 amide bonds. The third-order valence-corrected chi connectivity index (χ3v) is 2.65. The van der Waals surface area contributed by atoms with E-state index in [0.29, 0.717) is 5.56 Å². The Morgan fingerprint density at radius 1 is 1.29 bits per heavy atom. The number of primary amides is 1. The molecule has 1 rings (SSSR count). The molecule has 1 aromatic carbocycles. The number of nitrogens with two attached hydrogens (primary N) is 1. The maximum Gasteiger partial charge on any atom is 0.404 e. The molecule has 0 radical (unpaired) electrons. The van der Waals surface area contributed by atoms with E-state index in [4.69, 9.17) is 5.73 Å². The standard InChI is InChI=1S/C11H13BrN2O3/c12-7-8-1-3-9(4-2-8)10(15)14-5-6-17-11(13)16/h1-4H,5-7H2,(H2,13,16)(H,14,15). The number of hydrogen-bond donors (Lipinski definition) is 2. The molecule has 0 unspecified atom stereocenters. The van der Waals surface area contributed by atoms with E-state index in [0.717, 1.165) is 10.9 Å². The molecule has 0 saturated heterocycles. The second-order valence-electron chi connectivity index (χ2n) is 3.25. The number of benzene rings is 1. The molecule has 6 heteroatoms. The Balaban J connectivity index is 2.38. The molecule has 0 bridgehead atoms. The fraction of sp³-hybridized carbons (Fsp3) is 0.273. The minimum atomic E-state index is -0.846. The molecule has 0 aliphatic carbocycles. The van der Waals surface area contributed by atoms with Gasteiger partial charge in [-0.15, -0.1) is 0 Å². The van der Waals surface area contributed by atoms with Gasteiger partial charge in [-0.25, -0.2) is 4.79 Å². The molecule has 92 valence electrons. The second kappa shape index (κ2) is 6.90. The lowest BCUT2D eigenvalue weighted by molar-refractivity contribution is 0.0937. The summed E-state index contributed by atoms with van der Waals surface area (Å²) >= 11 is 3.32. The Bertz CT molecular complexity index is 392. The number of ether oxygens (including phenoxy) is 1. The number of rotatable bonds is 5. The largest absolute Gasteiger partial charge is 0.448 e. The van der Waals surface area contributed by atoms with E-state index in [1.165, 1.54) is 0 Å². The maximum atomic E-state index is 11.6. The van der Waals surface area contributed by atoms with E-state index in [9.17, 15) is 9.59 Å². The van der Waals surface area contributed by atoms with Crippen LogP contribution in [-0.4, -0.2) is 25.2 Å². The van der Waals surface area contributed by atoms with Crippen molar-refractivity contribution in [1.29, 1.82) is 0 Å². The van der Waals surface area contributed by atoms with E-state index in [2.05, 4.69) is 26.0 Å². The van der Waals surface area contributed by atoms with Crippen molar-refractivity contribution in [2.45, 2.75) is 5.33 Å². The van der Waals surface area contributed by atoms with Gasteiger partial charge in [-0.05, 0) is 17.7 Å². The van der Waals surface area contributed by atoms with Crippen molar-refractivity contribution >= 4 is 27.9 Å². The van der Waals surface area contributed by atoms with Gasteiger partial charge in [0, 0.05) is 10.9 Å². The fourth-order valence-corrected chi connectivity index (χ4v) is 1.54. The summed E-state index contributed by atoms with van der Waals surface area (Å²) in [4.78, 5) is 21.9. The van der Waals surface area contributed by atoms with Crippen molar-refractivity contribution in [3.63, 3.8) is 0 Å².